The molecule has 1 aromatic rings. The van der Waals surface area contributed by atoms with Gasteiger partial charge in [0, 0.05) is 18.9 Å². The summed E-state index contributed by atoms with van der Waals surface area (Å²) >= 11 is 0. The topological polar surface area (TPSA) is 81.8 Å². The lowest BCUT2D eigenvalue weighted by molar-refractivity contribution is -0.117. The first-order chi connectivity index (χ1) is 6.36. The first-order valence-corrected chi connectivity index (χ1v) is 4.15. The summed E-state index contributed by atoms with van der Waals surface area (Å²) in [6, 6.07) is -0.162. The van der Waals surface area contributed by atoms with E-state index in [1.807, 2.05) is 0 Å². The number of carbonyl (C=O) groups excluding carboxylic acids is 1. The molecule has 1 fully saturated rings. The maximum Gasteiger partial charge on any atom is 0.245 e. The Kier molecular flexibility index (Phi) is 2.24. The molecule has 1 atom stereocenters. The molecule has 2 heterocycles. The number of carbonyl (C=O) groups is 1. The number of imidazole rings is 1. The van der Waals surface area contributed by atoms with E-state index in [0.29, 0.717) is 5.95 Å². The second kappa shape index (κ2) is 3.55. The molecule has 1 unspecified atom stereocenters. The van der Waals surface area contributed by atoms with Crippen molar-refractivity contribution in [3.63, 3.8) is 0 Å². The molecule has 0 aliphatic carbocycles. The van der Waals surface area contributed by atoms with Crippen molar-refractivity contribution in [3.05, 3.63) is 12.4 Å². The maximum atomic E-state index is 11.4. The van der Waals surface area contributed by atoms with Gasteiger partial charge in [0.2, 0.25) is 11.9 Å². The van der Waals surface area contributed by atoms with Crippen LogP contribution in [0.4, 0.5) is 5.95 Å². The first-order valence-electron chi connectivity index (χ1n) is 4.15. The number of H-pyrrole nitrogens is 1. The molecule has 0 bridgehead atoms. The number of aromatic nitrogens is 2. The van der Waals surface area contributed by atoms with Crippen molar-refractivity contribution in [3.8, 4) is 0 Å². The summed E-state index contributed by atoms with van der Waals surface area (Å²) in [6.45, 7) is 0.816. The normalized spacial score (nSPS) is 21.7. The quantitative estimate of drug-likeness (QED) is 0.482. The van der Waals surface area contributed by atoms with E-state index in [-0.39, 0.29) is 11.9 Å². The van der Waals surface area contributed by atoms with E-state index in [0.717, 1.165) is 13.0 Å². The third-order valence-corrected chi connectivity index (χ3v) is 1.89. The molecule has 0 spiro atoms. The third-order valence-electron chi connectivity index (χ3n) is 1.89. The highest BCUT2D eigenvalue weighted by molar-refractivity contribution is 5.93. The van der Waals surface area contributed by atoms with Crippen molar-refractivity contribution >= 4 is 11.9 Å². The number of hydrogen-bond acceptors (Lipinski definition) is 4. The second-order valence-corrected chi connectivity index (χ2v) is 2.84. The van der Waals surface area contributed by atoms with Gasteiger partial charge in [0.05, 0.1) is 0 Å². The van der Waals surface area contributed by atoms with Gasteiger partial charge in [0.1, 0.15) is 6.04 Å². The van der Waals surface area contributed by atoms with Crippen LogP contribution < -0.4 is 16.2 Å². The molecule has 13 heavy (non-hydrogen) atoms. The highest BCUT2D eigenvalue weighted by atomic mass is 16.2. The van der Waals surface area contributed by atoms with E-state index in [9.17, 15) is 4.79 Å². The molecule has 4 N–H and O–H groups in total. The van der Waals surface area contributed by atoms with Gasteiger partial charge in [-0.25, -0.2) is 10.4 Å². The number of hydrogen-bond donors (Lipinski definition) is 4. The Bertz CT molecular complexity index is 277. The summed E-state index contributed by atoms with van der Waals surface area (Å²) < 4.78 is 0. The predicted molar refractivity (Wildman–Crippen MR) is 46.8 cm³/mol. The lowest BCUT2D eigenvalue weighted by atomic mass is 10.2. The molecular weight excluding hydrogens is 170 g/mol. The van der Waals surface area contributed by atoms with Crippen LogP contribution in [0.3, 0.4) is 0 Å². The predicted octanol–water partition coefficient (Wildman–Crippen LogP) is -0.785. The molecule has 70 valence electrons. The van der Waals surface area contributed by atoms with Crippen LogP contribution in [-0.2, 0) is 4.79 Å². The summed E-state index contributed by atoms with van der Waals surface area (Å²) in [5, 5.41) is 2.66. The van der Waals surface area contributed by atoms with Crippen LogP contribution >= 0.6 is 0 Å². The van der Waals surface area contributed by atoms with Crippen molar-refractivity contribution in [2.45, 2.75) is 12.5 Å². The molecule has 6 heteroatoms. The highest BCUT2D eigenvalue weighted by Crippen LogP contribution is 2.01. The van der Waals surface area contributed by atoms with Gasteiger partial charge in [-0.05, 0) is 6.42 Å². The monoisotopic (exact) mass is 181 g/mol. The van der Waals surface area contributed by atoms with Crippen LogP contribution in [-0.4, -0.2) is 28.5 Å². The Morgan fingerprint density at radius 3 is 3.23 bits per heavy atom. The minimum absolute atomic E-state index is 0.0695. The van der Waals surface area contributed by atoms with E-state index in [1.165, 1.54) is 0 Å². The fourth-order valence-electron chi connectivity index (χ4n) is 1.22. The average Bonchev–Trinajstić information content (AvgIpc) is 2.74. The largest absolute Gasteiger partial charge is 0.331 e. The molecule has 1 saturated heterocycles. The molecule has 1 amide bonds. The van der Waals surface area contributed by atoms with E-state index >= 15 is 0 Å². The van der Waals surface area contributed by atoms with Crippen molar-refractivity contribution in [2.75, 3.05) is 11.9 Å². The van der Waals surface area contributed by atoms with Gasteiger partial charge in [-0.15, -0.1) is 0 Å². The van der Waals surface area contributed by atoms with Gasteiger partial charge in [0.25, 0.3) is 0 Å². The Morgan fingerprint density at radius 1 is 1.69 bits per heavy atom. The Balaban J connectivity index is 1.91. The smallest absolute Gasteiger partial charge is 0.245 e. The van der Waals surface area contributed by atoms with Gasteiger partial charge in [-0.2, -0.15) is 0 Å². The van der Waals surface area contributed by atoms with E-state index in [2.05, 4.69) is 26.1 Å². The molecule has 0 aromatic carbocycles. The standard InChI is InChI=1S/C7H11N5O/c13-6(5-1-2-10-12-5)11-7-8-3-4-9-7/h3-5,10,12H,1-2H2,(H2,8,9,11,13). The van der Waals surface area contributed by atoms with Crippen molar-refractivity contribution in [1.29, 1.82) is 0 Å². The van der Waals surface area contributed by atoms with Gasteiger partial charge >= 0.3 is 0 Å². The number of rotatable bonds is 2. The van der Waals surface area contributed by atoms with Crippen LogP contribution in [0.1, 0.15) is 6.42 Å². The van der Waals surface area contributed by atoms with Gasteiger partial charge in [-0.3, -0.25) is 15.5 Å². The van der Waals surface area contributed by atoms with Crippen molar-refractivity contribution in [1.82, 2.24) is 20.8 Å². The van der Waals surface area contributed by atoms with Crippen LogP contribution in [0.15, 0.2) is 12.4 Å². The molecule has 6 nitrogen and oxygen atoms in total. The average molecular weight is 181 g/mol. The fourth-order valence-corrected chi connectivity index (χ4v) is 1.22. The molecule has 0 saturated carbocycles. The number of hydrazine groups is 1. The SMILES string of the molecule is O=C(Nc1ncc[nH]1)C1CCNN1. The van der Waals surface area contributed by atoms with Crippen molar-refractivity contribution in [2.24, 2.45) is 0 Å². The third kappa shape index (κ3) is 1.85. The zero-order valence-corrected chi connectivity index (χ0v) is 7.00. The first kappa shape index (κ1) is 8.21. The molecule has 1 aliphatic heterocycles. The molecule has 1 aromatic heterocycles. The van der Waals surface area contributed by atoms with Crippen LogP contribution in [0.2, 0.25) is 0 Å². The van der Waals surface area contributed by atoms with Gasteiger partial charge < -0.3 is 4.98 Å². The summed E-state index contributed by atoms with van der Waals surface area (Å²) in [7, 11) is 0. The maximum absolute atomic E-state index is 11.4. The molecular formula is C7H11N5O. The van der Waals surface area contributed by atoms with Gasteiger partial charge in [-0.1, -0.05) is 0 Å². The highest BCUT2D eigenvalue weighted by Gasteiger charge is 2.22. The van der Waals surface area contributed by atoms with E-state index in [1.54, 1.807) is 12.4 Å². The number of aromatic amines is 1. The molecule has 2 rings (SSSR count). The van der Waals surface area contributed by atoms with Crippen LogP contribution in [0.25, 0.3) is 0 Å². The minimum atomic E-state index is -0.162. The van der Waals surface area contributed by atoms with E-state index in [4.69, 9.17) is 0 Å². The molecule has 1 aliphatic rings. The lowest BCUT2D eigenvalue weighted by Gasteiger charge is -2.07. The minimum Gasteiger partial charge on any atom is -0.331 e. The fraction of sp³-hybridized carbons (Fsp3) is 0.429. The Hall–Kier alpha value is -1.40. The summed E-state index contributed by atoms with van der Waals surface area (Å²) in [5.41, 5.74) is 5.76. The second-order valence-electron chi connectivity index (χ2n) is 2.84. The summed E-state index contributed by atoms with van der Waals surface area (Å²) in [4.78, 5) is 18.1. The zero-order valence-electron chi connectivity index (χ0n) is 7.00. The Labute approximate surface area is 75.1 Å². The lowest BCUT2D eigenvalue weighted by Crippen LogP contribution is -2.39. The Morgan fingerprint density at radius 2 is 2.62 bits per heavy atom. The molecule has 0 radical (unpaired) electrons. The van der Waals surface area contributed by atoms with Crippen LogP contribution in [0.5, 0.6) is 0 Å². The number of amides is 1. The van der Waals surface area contributed by atoms with Crippen LogP contribution in [0, 0.1) is 0 Å². The van der Waals surface area contributed by atoms with Gasteiger partial charge in [0.15, 0.2) is 0 Å². The number of anilines is 1. The number of nitrogens with one attached hydrogen (secondary N) is 4. The number of nitrogens with zero attached hydrogens (tertiary/aromatic N) is 1. The summed E-state index contributed by atoms with van der Waals surface area (Å²) in [5.74, 6) is 0.415. The van der Waals surface area contributed by atoms with Crippen molar-refractivity contribution < 1.29 is 4.79 Å². The summed E-state index contributed by atoms with van der Waals surface area (Å²) in [6.07, 6.45) is 4.05. The van der Waals surface area contributed by atoms with E-state index < -0.39 is 0 Å². The zero-order chi connectivity index (χ0) is 9.10.